The molecular weight excluding hydrogens is 226 g/mol. The van der Waals surface area contributed by atoms with E-state index < -0.39 is 0 Å². The Bertz CT molecular complexity index is 280. The van der Waals surface area contributed by atoms with Crippen LogP contribution in [0.15, 0.2) is 0 Å². The molecule has 4 unspecified atom stereocenters. The second-order valence-corrected chi connectivity index (χ2v) is 5.81. The number of carbonyl (C=O) groups excluding carboxylic acids is 1. The van der Waals surface area contributed by atoms with E-state index in [4.69, 9.17) is 0 Å². The van der Waals surface area contributed by atoms with Gasteiger partial charge >= 0.3 is 0 Å². The van der Waals surface area contributed by atoms with Crippen LogP contribution in [0.3, 0.4) is 0 Å². The van der Waals surface area contributed by atoms with Crippen LogP contribution in [-0.4, -0.2) is 54.6 Å². The first-order valence-corrected chi connectivity index (χ1v) is 7.15. The van der Waals surface area contributed by atoms with Crippen molar-refractivity contribution >= 4 is 5.91 Å². The van der Waals surface area contributed by atoms with E-state index in [1.165, 1.54) is 0 Å². The Labute approximate surface area is 112 Å². The molecule has 1 rings (SSSR count). The molecule has 1 aliphatic rings. The van der Waals surface area contributed by atoms with Gasteiger partial charge in [-0.15, -0.1) is 0 Å². The van der Waals surface area contributed by atoms with Crippen molar-refractivity contribution in [1.82, 2.24) is 15.1 Å². The van der Waals surface area contributed by atoms with Crippen molar-refractivity contribution in [2.24, 2.45) is 5.92 Å². The summed E-state index contributed by atoms with van der Waals surface area (Å²) in [6.45, 7) is 9.49. The van der Waals surface area contributed by atoms with Gasteiger partial charge in [-0.05, 0) is 33.4 Å². The van der Waals surface area contributed by atoms with E-state index in [1.807, 2.05) is 0 Å². The standard InChI is InChI=1S/C14H29N3O/c1-7-10(3)13-14(18)17(12(8-2)15-13)11(4)9-16(5)6/h10-13,15H,7-9H2,1-6H3. The molecule has 1 heterocycles. The van der Waals surface area contributed by atoms with Crippen molar-refractivity contribution in [3.63, 3.8) is 0 Å². The van der Waals surface area contributed by atoms with Gasteiger partial charge in [-0.2, -0.15) is 0 Å². The Morgan fingerprint density at radius 3 is 2.39 bits per heavy atom. The summed E-state index contributed by atoms with van der Waals surface area (Å²) in [6, 6.07) is 0.267. The summed E-state index contributed by atoms with van der Waals surface area (Å²) >= 11 is 0. The third-order valence-corrected chi connectivity index (χ3v) is 3.93. The van der Waals surface area contributed by atoms with Crippen LogP contribution in [0.1, 0.15) is 40.5 Å². The number of likely N-dealkylation sites (N-methyl/N-ethyl adjacent to an activating group) is 1. The fourth-order valence-electron chi connectivity index (χ4n) is 2.77. The largest absolute Gasteiger partial charge is 0.322 e. The van der Waals surface area contributed by atoms with Gasteiger partial charge in [-0.25, -0.2) is 0 Å². The summed E-state index contributed by atoms with van der Waals surface area (Å²) in [5.41, 5.74) is 0. The van der Waals surface area contributed by atoms with Gasteiger partial charge in [0.1, 0.15) is 0 Å². The molecule has 4 atom stereocenters. The van der Waals surface area contributed by atoms with E-state index in [0.29, 0.717) is 5.92 Å². The first-order valence-electron chi connectivity index (χ1n) is 7.15. The number of carbonyl (C=O) groups is 1. The minimum Gasteiger partial charge on any atom is -0.322 e. The molecule has 0 bridgehead atoms. The fraction of sp³-hybridized carbons (Fsp3) is 0.929. The summed E-state index contributed by atoms with van der Waals surface area (Å²) in [6.07, 6.45) is 2.21. The van der Waals surface area contributed by atoms with Crippen LogP contribution in [0, 0.1) is 5.92 Å². The van der Waals surface area contributed by atoms with Crippen molar-refractivity contribution in [1.29, 1.82) is 0 Å². The molecule has 0 saturated carbocycles. The van der Waals surface area contributed by atoms with Crippen LogP contribution in [0.2, 0.25) is 0 Å². The van der Waals surface area contributed by atoms with Gasteiger partial charge in [-0.1, -0.05) is 27.2 Å². The first kappa shape index (κ1) is 15.4. The van der Waals surface area contributed by atoms with Crippen molar-refractivity contribution in [2.45, 2.75) is 58.8 Å². The van der Waals surface area contributed by atoms with E-state index in [0.717, 1.165) is 19.4 Å². The monoisotopic (exact) mass is 255 g/mol. The summed E-state index contributed by atoms with van der Waals surface area (Å²) in [4.78, 5) is 16.7. The summed E-state index contributed by atoms with van der Waals surface area (Å²) in [5.74, 6) is 0.689. The van der Waals surface area contributed by atoms with E-state index in [2.05, 4.69) is 56.9 Å². The van der Waals surface area contributed by atoms with E-state index in [-0.39, 0.29) is 24.2 Å². The van der Waals surface area contributed by atoms with Crippen LogP contribution in [0.4, 0.5) is 0 Å². The predicted molar refractivity (Wildman–Crippen MR) is 75.3 cm³/mol. The van der Waals surface area contributed by atoms with Gasteiger partial charge in [0.05, 0.1) is 12.2 Å². The third kappa shape index (κ3) is 3.23. The van der Waals surface area contributed by atoms with Crippen molar-refractivity contribution in [3.8, 4) is 0 Å². The summed E-state index contributed by atoms with van der Waals surface area (Å²) < 4.78 is 0. The highest BCUT2D eigenvalue weighted by Crippen LogP contribution is 2.23. The van der Waals surface area contributed by atoms with Gasteiger partial charge < -0.3 is 9.80 Å². The number of hydrogen-bond acceptors (Lipinski definition) is 3. The van der Waals surface area contributed by atoms with Crippen molar-refractivity contribution in [3.05, 3.63) is 0 Å². The highest BCUT2D eigenvalue weighted by molar-refractivity contribution is 5.85. The molecule has 18 heavy (non-hydrogen) atoms. The van der Waals surface area contributed by atoms with E-state index >= 15 is 0 Å². The first-order chi connectivity index (χ1) is 8.42. The lowest BCUT2D eigenvalue weighted by Gasteiger charge is -2.31. The van der Waals surface area contributed by atoms with Crippen LogP contribution < -0.4 is 5.32 Å². The van der Waals surface area contributed by atoms with Crippen LogP contribution in [0.5, 0.6) is 0 Å². The predicted octanol–water partition coefficient (Wildman–Crippen LogP) is 1.52. The topological polar surface area (TPSA) is 35.6 Å². The van der Waals surface area contributed by atoms with Gasteiger partial charge in [0.2, 0.25) is 5.91 Å². The maximum absolute atomic E-state index is 12.5. The van der Waals surface area contributed by atoms with Crippen LogP contribution >= 0.6 is 0 Å². The molecular formula is C14H29N3O. The van der Waals surface area contributed by atoms with Gasteiger partial charge in [0.25, 0.3) is 0 Å². The Balaban J connectivity index is 2.79. The minimum absolute atomic E-state index is 0.00422. The molecule has 0 aliphatic carbocycles. The molecule has 1 N–H and O–H groups in total. The summed E-state index contributed by atoms with van der Waals surface area (Å²) in [7, 11) is 4.11. The molecule has 0 aromatic carbocycles. The highest BCUT2D eigenvalue weighted by Gasteiger charge is 2.42. The lowest BCUT2D eigenvalue weighted by molar-refractivity contribution is -0.133. The Morgan fingerprint density at radius 2 is 1.94 bits per heavy atom. The molecule has 1 amide bonds. The average Bonchev–Trinajstić information content (AvgIpc) is 2.64. The zero-order valence-electron chi connectivity index (χ0n) is 12.7. The molecule has 1 saturated heterocycles. The zero-order valence-corrected chi connectivity index (χ0v) is 12.7. The maximum Gasteiger partial charge on any atom is 0.241 e. The fourth-order valence-corrected chi connectivity index (χ4v) is 2.77. The molecule has 0 aromatic heterocycles. The van der Waals surface area contributed by atoms with Crippen molar-refractivity contribution < 1.29 is 4.79 Å². The molecule has 106 valence electrons. The third-order valence-electron chi connectivity index (χ3n) is 3.93. The number of amides is 1. The minimum atomic E-state index is 0.00422. The Morgan fingerprint density at radius 1 is 1.33 bits per heavy atom. The highest BCUT2D eigenvalue weighted by atomic mass is 16.2. The second-order valence-electron chi connectivity index (χ2n) is 5.81. The number of nitrogens with one attached hydrogen (secondary N) is 1. The van der Waals surface area contributed by atoms with E-state index in [1.54, 1.807) is 0 Å². The van der Waals surface area contributed by atoms with Crippen molar-refractivity contribution in [2.75, 3.05) is 20.6 Å². The lowest BCUT2D eigenvalue weighted by Crippen LogP contribution is -2.47. The maximum atomic E-state index is 12.5. The van der Waals surface area contributed by atoms with Crippen LogP contribution in [0.25, 0.3) is 0 Å². The number of nitrogens with zero attached hydrogens (tertiary/aromatic N) is 2. The van der Waals surface area contributed by atoms with Crippen LogP contribution in [-0.2, 0) is 4.79 Å². The smallest absolute Gasteiger partial charge is 0.241 e. The Kier molecular flexibility index (Phi) is 5.60. The SMILES string of the molecule is CCC(C)C1NC(CC)N(C(C)CN(C)C)C1=O. The molecule has 0 radical (unpaired) electrons. The number of rotatable bonds is 6. The molecule has 1 fully saturated rings. The average molecular weight is 255 g/mol. The quantitative estimate of drug-likeness (QED) is 0.781. The lowest BCUT2D eigenvalue weighted by atomic mass is 9.99. The normalized spacial score (nSPS) is 27.9. The second kappa shape index (κ2) is 6.53. The Hall–Kier alpha value is -0.610. The molecule has 4 nitrogen and oxygen atoms in total. The summed E-state index contributed by atoms with van der Waals surface area (Å²) in [5, 5.41) is 3.50. The number of hydrogen-bond donors (Lipinski definition) is 1. The molecule has 1 aliphatic heterocycles. The van der Waals surface area contributed by atoms with E-state index in [9.17, 15) is 4.79 Å². The molecule has 0 spiro atoms. The van der Waals surface area contributed by atoms with Gasteiger partial charge in [-0.3, -0.25) is 10.1 Å². The molecule has 4 heteroatoms. The molecule has 0 aromatic rings. The zero-order chi connectivity index (χ0) is 13.9. The van der Waals surface area contributed by atoms with Gasteiger partial charge in [0.15, 0.2) is 0 Å². The van der Waals surface area contributed by atoms with Gasteiger partial charge in [0, 0.05) is 12.6 Å².